The van der Waals surface area contributed by atoms with E-state index < -0.39 is 11.3 Å². The van der Waals surface area contributed by atoms with Crippen molar-refractivity contribution in [2.24, 2.45) is 5.92 Å². The lowest BCUT2D eigenvalue weighted by atomic mass is 9.86. The molecule has 0 aliphatic heterocycles. The first kappa shape index (κ1) is 20.8. The Morgan fingerprint density at radius 1 is 1.42 bits per heavy atom. The molecule has 144 valence electrons. The van der Waals surface area contributed by atoms with Crippen molar-refractivity contribution < 1.29 is 14.7 Å². The lowest BCUT2D eigenvalue weighted by molar-refractivity contribution is -0.136. The van der Waals surface area contributed by atoms with Crippen LogP contribution in [-0.4, -0.2) is 45.0 Å². The normalized spacial score (nSPS) is 20.9. The van der Waals surface area contributed by atoms with Crippen LogP contribution in [0, 0.1) is 5.92 Å². The van der Waals surface area contributed by atoms with Crippen molar-refractivity contribution in [3.63, 3.8) is 0 Å². The molecule has 2 amide bonds. The van der Waals surface area contributed by atoms with Crippen molar-refractivity contribution in [3.05, 3.63) is 23.4 Å². The number of nitrogens with zero attached hydrogens (tertiary/aromatic N) is 2. The van der Waals surface area contributed by atoms with E-state index >= 15 is 0 Å². The molecule has 2 rings (SSSR count). The minimum atomic E-state index is -1.06. The van der Waals surface area contributed by atoms with Crippen molar-refractivity contribution in [2.45, 2.75) is 62.1 Å². The molecule has 1 atom stereocenters. The van der Waals surface area contributed by atoms with Crippen LogP contribution in [0.5, 0.6) is 0 Å². The maximum atomic E-state index is 12.9. The number of carboxylic acids is 1. The van der Waals surface area contributed by atoms with Crippen molar-refractivity contribution >= 4 is 35.1 Å². The number of carbonyl (C=O) groups excluding carboxylic acids is 1. The minimum Gasteiger partial charge on any atom is -0.479 e. The second-order valence-corrected chi connectivity index (χ2v) is 9.25. The number of nitrogens with one attached hydrogen (secondary N) is 1. The van der Waals surface area contributed by atoms with Crippen molar-refractivity contribution in [3.8, 4) is 0 Å². The van der Waals surface area contributed by atoms with E-state index in [1.807, 2.05) is 19.9 Å². The molecular formula is C18H27N3O3S2. The summed E-state index contributed by atoms with van der Waals surface area (Å²) in [6.07, 6.45) is 7.75. The third kappa shape index (κ3) is 6.32. The molecule has 0 spiro atoms. The minimum absolute atomic E-state index is 0.157. The summed E-state index contributed by atoms with van der Waals surface area (Å²) in [5, 5.41) is 11.1. The first-order valence-corrected chi connectivity index (χ1v) is 10.6. The van der Waals surface area contributed by atoms with Gasteiger partial charge >= 0.3 is 12.0 Å². The Morgan fingerprint density at radius 2 is 2.12 bits per heavy atom. The molecule has 1 aromatic rings. The van der Waals surface area contributed by atoms with E-state index in [1.165, 1.54) is 11.3 Å². The number of urea groups is 1. The van der Waals surface area contributed by atoms with Crippen LogP contribution in [0.1, 0.15) is 46.5 Å². The van der Waals surface area contributed by atoms with E-state index in [1.54, 1.807) is 16.6 Å². The number of aromatic nitrogens is 1. The highest BCUT2D eigenvalue weighted by Crippen LogP contribution is 2.29. The molecule has 1 aromatic heterocycles. The Kier molecular flexibility index (Phi) is 7.96. The number of aliphatic carboxylic acids is 1. The average Bonchev–Trinajstić information content (AvgIpc) is 3.08. The summed E-state index contributed by atoms with van der Waals surface area (Å²) in [5.74, 6) is -0.371. The monoisotopic (exact) mass is 397 g/mol. The molecule has 1 saturated carbocycles. The van der Waals surface area contributed by atoms with Gasteiger partial charge in [-0.2, -0.15) is 0 Å². The van der Waals surface area contributed by atoms with Gasteiger partial charge in [0.1, 0.15) is 0 Å². The van der Waals surface area contributed by atoms with Crippen LogP contribution >= 0.6 is 23.1 Å². The summed E-state index contributed by atoms with van der Waals surface area (Å²) in [6.45, 7) is 6.74. The number of hydrogen-bond acceptors (Lipinski definition) is 5. The Morgan fingerprint density at radius 3 is 2.65 bits per heavy atom. The number of thioether (sulfide) groups is 1. The van der Waals surface area contributed by atoms with E-state index in [0.29, 0.717) is 12.5 Å². The van der Waals surface area contributed by atoms with Crippen molar-refractivity contribution in [1.82, 2.24) is 15.2 Å². The molecule has 0 bridgehead atoms. The number of allylic oxidation sites excluding steroid dienone is 1. The van der Waals surface area contributed by atoms with Gasteiger partial charge in [0.15, 0.2) is 5.37 Å². The third-order valence-electron chi connectivity index (χ3n) is 4.51. The number of rotatable bonds is 7. The van der Waals surface area contributed by atoms with Gasteiger partial charge in [0.2, 0.25) is 0 Å². The third-order valence-corrected chi connectivity index (χ3v) is 6.54. The van der Waals surface area contributed by atoms with Crippen LogP contribution in [0.15, 0.2) is 27.6 Å². The summed E-state index contributed by atoms with van der Waals surface area (Å²) in [7, 11) is 0. The second-order valence-electron chi connectivity index (χ2n) is 6.95. The Hall–Kier alpha value is -1.54. The number of hydrogen-bond donors (Lipinski definition) is 2. The number of carboxylic acid groups (broad SMARTS) is 1. The van der Waals surface area contributed by atoms with Gasteiger partial charge in [0, 0.05) is 12.6 Å². The van der Waals surface area contributed by atoms with Gasteiger partial charge in [-0.05, 0) is 45.4 Å². The zero-order valence-corrected chi connectivity index (χ0v) is 17.1. The fourth-order valence-corrected chi connectivity index (χ4v) is 4.55. The molecule has 8 heteroatoms. The second kappa shape index (κ2) is 9.97. The van der Waals surface area contributed by atoms with E-state index in [2.05, 4.69) is 17.2 Å². The zero-order chi connectivity index (χ0) is 19.1. The summed E-state index contributed by atoms with van der Waals surface area (Å²) < 4.78 is 0.764. The fourth-order valence-electron chi connectivity index (χ4n) is 2.95. The largest absolute Gasteiger partial charge is 0.479 e. The molecule has 1 heterocycles. The zero-order valence-electron chi connectivity index (χ0n) is 15.5. The van der Waals surface area contributed by atoms with Crippen LogP contribution in [0.3, 0.4) is 0 Å². The first-order chi connectivity index (χ1) is 12.4. The fraction of sp³-hybridized carbons (Fsp3) is 0.611. The van der Waals surface area contributed by atoms with Crippen LogP contribution in [0.4, 0.5) is 4.79 Å². The average molecular weight is 398 g/mol. The summed E-state index contributed by atoms with van der Waals surface area (Å²) in [5.41, 5.74) is 2.79. The summed E-state index contributed by atoms with van der Waals surface area (Å²) in [6, 6.07) is -0.156. The van der Waals surface area contributed by atoms with Gasteiger partial charge in [-0.25, -0.2) is 9.59 Å². The highest BCUT2D eigenvalue weighted by Gasteiger charge is 2.30. The summed E-state index contributed by atoms with van der Waals surface area (Å²) in [4.78, 5) is 30.2. The quantitative estimate of drug-likeness (QED) is 0.409. The predicted octanol–water partition coefficient (Wildman–Crippen LogP) is 4.20. The Balaban J connectivity index is 2.07. The van der Waals surface area contributed by atoms with E-state index in [0.717, 1.165) is 47.2 Å². The first-order valence-electron chi connectivity index (χ1n) is 8.85. The maximum absolute atomic E-state index is 12.9. The molecule has 26 heavy (non-hydrogen) atoms. The van der Waals surface area contributed by atoms with Gasteiger partial charge < -0.3 is 15.3 Å². The van der Waals surface area contributed by atoms with Gasteiger partial charge in [-0.3, -0.25) is 4.98 Å². The van der Waals surface area contributed by atoms with E-state index in [4.69, 9.17) is 0 Å². The van der Waals surface area contributed by atoms with Crippen molar-refractivity contribution in [1.29, 1.82) is 0 Å². The standard InChI is InChI=1S/C18H27N3O3S2/c1-12(2)8-9-21(14-6-4-13(3)5-7-14)18(24)20-16(17(22)23)26-15-10-19-11-25-15/h8,10-11,13-14,16H,4-7,9H2,1-3H3,(H,20,24)(H,22,23)/t13-,14-,16?. The van der Waals surface area contributed by atoms with Gasteiger partial charge in [0.05, 0.1) is 15.9 Å². The smallest absolute Gasteiger partial charge is 0.337 e. The lowest BCUT2D eigenvalue weighted by Crippen LogP contribution is -2.51. The van der Waals surface area contributed by atoms with Gasteiger partial charge in [-0.1, -0.05) is 30.3 Å². The van der Waals surface area contributed by atoms with Gasteiger partial charge in [0.25, 0.3) is 0 Å². The Labute approximate surface area is 163 Å². The predicted molar refractivity (Wildman–Crippen MR) is 105 cm³/mol. The molecule has 1 aliphatic carbocycles. The van der Waals surface area contributed by atoms with E-state index in [9.17, 15) is 14.7 Å². The lowest BCUT2D eigenvalue weighted by Gasteiger charge is -2.36. The molecule has 2 N–H and O–H groups in total. The molecule has 0 saturated heterocycles. The van der Waals surface area contributed by atoms with Crippen molar-refractivity contribution in [2.75, 3.05) is 6.54 Å². The molecule has 1 fully saturated rings. The van der Waals surface area contributed by atoms with Crippen LogP contribution in [0.25, 0.3) is 0 Å². The van der Waals surface area contributed by atoms with Crippen LogP contribution < -0.4 is 5.32 Å². The number of carbonyl (C=O) groups is 2. The molecule has 0 radical (unpaired) electrons. The molecule has 6 nitrogen and oxygen atoms in total. The molecule has 0 aromatic carbocycles. The highest BCUT2D eigenvalue weighted by atomic mass is 32.2. The number of thiazole rings is 1. The molecule has 1 aliphatic rings. The number of amides is 2. The Bertz CT molecular complexity index is 622. The van der Waals surface area contributed by atoms with Crippen LogP contribution in [0.2, 0.25) is 0 Å². The molecule has 1 unspecified atom stereocenters. The topological polar surface area (TPSA) is 82.5 Å². The summed E-state index contributed by atoms with van der Waals surface area (Å²) >= 11 is 2.46. The molecular weight excluding hydrogens is 370 g/mol. The van der Waals surface area contributed by atoms with Gasteiger partial charge in [-0.15, -0.1) is 11.3 Å². The van der Waals surface area contributed by atoms with E-state index in [-0.39, 0.29) is 12.1 Å². The SMILES string of the molecule is CC(C)=CCN(C(=O)NC(Sc1cncs1)C(=O)O)[C@H]1CC[C@H](C)CC1. The maximum Gasteiger partial charge on any atom is 0.337 e. The van der Waals surface area contributed by atoms with Crippen LogP contribution in [-0.2, 0) is 4.79 Å². The highest BCUT2D eigenvalue weighted by molar-refractivity contribution is 8.02.